The number of aliphatic hydroxyl groups is 3. The van der Waals surface area contributed by atoms with E-state index in [4.69, 9.17) is 4.84 Å². The van der Waals surface area contributed by atoms with Gasteiger partial charge in [0.1, 0.15) is 0 Å². The first-order valence-electron chi connectivity index (χ1n) is 14.1. The second kappa shape index (κ2) is 9.35. The lowest BCUT2D eigenvalue weighted by Gasteiger charge is -2.63. The molecule has 8 nitrogen and oxygen atoms in total. The number of carbonyl (C=O) groups is 3. The number of imide groups is 1. The number of hydrogen-bond acceptors (Lipinski definition) is 7. The van der Waals surface area contributed by atoms with E-state index in [2.05, 4.69) is 20.8 Å². The van der Waals surface area contributed by atoms with Gasteiger partial charge in [-0.2, -0.15) is 0 Å². The third-order valence-electron chi connectivity index (χ3n) is 11.5. The van der Waals surface area contributed by atoms with Crippen LogP contribution in [0.3, 0.4) is 0 Å². The molecule has 0 aromatic carbocycles. The van der Waals surface area contributed by atoms with E-state index in [-0.39, 0.29) is 65.8 Å². The lowest BCUT2D eigenvalue weighted by molar-refractivity contribution is -0.207. The van der Waals surface area contributed by atoms with Gasteiger partial charge in [0.25, 0.3) is 11.8 Å². The number of aliphatic hydroxyl groups excluding tert-OH is 3. The first-order chi connectivity index (χ1) is 17.0. The highest BCUT2D eigenvalue weighted by Gasteiger charge is 2.65. The molecule has 36 heavy (non-hydrogen) atoms. The Morgan fingerprint density at radius 3 is 2.42 bits per heavy atom. The predicted molar refractivity (Wildman–Crippen MR) is 130 cm³/mol. The van der Waals surface area contributed by atoms with Crippen molar-refractivity contribution in [1.29, 1.82) is 0 Å². The van der Waals surface area contributed by atoms with Crippen molar-refractivity contribution in [3.8, 4) is 0 Å². The fourth-order valence-corrected chi connectivity index (χ4v) is 9.48. The summed E-state index contributed by atoms with van der Waals surface area (Å²) in [4.78, 5) is 40.9. The van der Waals surface area contributed by atoms with E-state index >= 15 is 0 Å². The zero-order valence-corrected chi connectivity index (χ0v) is 21.9. The molecule has 0 spiro atoms. The van der Waals surface area contributed by atoms with Crippen molar-refractivity contribution in [1.82, 2.24) is 5.06 Å². The van der Waals surface area contributed by atoms with Crippen LogP contribution in [0.25, 0.3) is 0 Å². The summed E-state index contributed by atoms with van der Waals surface area (Å²) in [6, 6.07) is 0. The Hall–Kier alpha value is -1.51. The van der Waals surface area contributed by atoms with E-state index in [1.165, 1.54) is 0 Å². The molecular weight excluding hydrogens is 462 g/mol. The molecule has 0 bridgehead atoms. The Morgan fingerprint density at radius 2 is 1.72 bits per heavy atom. The third kappa shape index (κ3) is 4.02. The summed E-state index contributed by atoms with van der Waals surface area (Å²) in [6.45, 7) is 6.64. The number of carbonyl (C=O) groups excluding carboxylic acids is 3. The summed E-state index contributed by atoms with van der Waals surface area (Å²) < 4.78 is 0. The minimum absolute atomic E-state index is 0.0450. The van der Waals surface area contributed by atoms with E-state index in [9.17, 15) is 29.7 Å². The molecule has 5 fully saturated rings. The molecule has 1 saturated heterocycles. The van der Waals surface area contributed by atoms with Gasteiger partial charge in [0.15, 0.2) is 0 Å². The van der Waals surface area contributed by atoms with Gasteiger partial charge in [0.05, 0.1) is 18.3 Å². The van der Waals surface area contributed by atoms with E-state index < -0.39 is 30.0 Å². The summed E-state index contributed by atoms with van der Waals surface area (Å²) >= 11 is 0. The van der Waals surface area contributed by atoms with Crippen molar-refractivity contribution in [3.63, 3.8) is 0 Å². The zero-order chi connectivity index (χ0) is 26.0. The highest BCUT2D eigenvalue weighted by molar-refractivity contribution is 6.01. The molecule has 1 heterocycles. The van der Waals surface area contributed by atoms with Crippen molar-refractivity contribution in [2.75, 3.05) is 0 Å². The monoisotopic (exact) mass is 505 g/mol. The number of rotatable bonds is 5. The first kappa shape index (κ1) is 26.1. The van der Waals surface area contributed by atoms with E-state index in [1.807, 2.05) is 0 Å². The fourth-order valence-electron chi connectivity index (χ4n) is 9.48. The van der Waals surface area contributed by atoms with Gasteiger partial charge in [-0.25, -0.2) is 4.79 Å². The van der Waals surface area contributed by atoms with Gasteiger partial charge < -0.3 is 20.2 Å². The van der Waals surface area contributed by atoms with Crippen molar-refractivity contribution < 1.29 is 34.5 Å². The molecule has 4 saturated carbocycles. The molecule has 8 heteroatoms. The van der Waals surface area contributed by atoms with Crippen LogP contribution in [-0.2, 0) is 19.2 Å². The lowest BCUT2D eigenvalue weighted by atomic mass is 9.43. The molecule has 4 aliphatic carbocycles. The average molecular weight is 506 g/mol. The molecule has 3 N–H and O–H groups in total. The van der Waals surface area contributed by atoms with Crippen molar-refractivity contribution in [2.24, 2.45) is 46.3 Å². The topological polar surface area (TPSA) is 124 Å². The van der Waals surface area contributed by atoms with Crippen LogP contribution in [0.15, 0.2) is 0 Å². The number of amides is 2. The van der Waals surface area contributed by atoms with E-state index in [0.717, 1.165) is 38.5 Å². The van der Waals surface area contributed by atoms with Crippen molar-refractivity contribution in [3.05, 3.63) is 0 Å². The molecule has 0 aromatic heterocycles. The SMILES string of the molecule is C[C@H](CCC(=O)ON1C(=O)CCC1=O)C1CCC2C3C(O)CC4C[C@H](O)CCC4(C)C3CC(O)C21C. The molecule has 2 amide bonds. The highest BCUT2D eigenvalue weighted by atomic mass is 16.7. The minimum Gasteiger partial charge on any atom is -0.393 e. The standard InChI is InChI=1S/C28H43NO7/c1-15(4-9-25(35)36-29-23(33)7-8-24(29)34)18-5-6-19-26-20(14-22(32)28(18,19)3)27(2)11-10-17(30)12-16(27)13-21(26)31/h15-22,26,30-32H,4-14H2,1-3H3/t15-,16?,17-,18?,19?,20?,21?,22?,26?,27?,28?/m1/s1. The number of nitrogens with zero attached hydrogens (tertiary/aromatic N) is 1. The molecule has 5 rings (SSSR count). The van der Waals surface area contributed by atoms with Gasteiger partial charge in [0, 0.05) is 19.3 Å². The Morgan fingerprint density at radius 1 is 1.03 bits per heavy atom. The number of fused-ring (bicyclic) bond motifs is 5. The molecule has 202 valence electrons. The summed E-state index contributed by atoms with van der Waals surface area (Å²) in [5.41, 5.74) is -0.285. The van der Waals surface area contributed by atoms with Gasteiger partial charge in [-0.15, -0.1) is 5.06 Å². The van der Waals surface area contributed by atoms with Crippen molar-refractivity contribution >= 4 is 17.8 Å². The summed E-state index contributed by atoms with van der Waals surface area (Å²) in [5.74, 6) is -0.213. The lowest BCUT2D eigenvalue weighted by Crippen LogP contribution is -2.62. The second-order valence-electron chi connectivity index (χ2n) is 13.1. The maximum Gasteiger partial charge on any atom is 0.333 e. The van der Waals surface area contributed by atoms with E-state index in [0.29, 0.717) is 23.8 Å². The van der Waals surface area contributed by atoms with Crippen LogP contribution in [0.1, 0.15) is 91.4 Å². The average Bonchev–Trinajstić information content (AvgIpc) is 3.34. The normalized spacial score (nSPS) is 47.2. The van der Waals surface area contributed by atoms with Gasteiger partial charge in [-0.3, -0.25) is 9.59 Å². The van der Waals surface area contributed by atoms with Crippen LogP contribution in [-0.4, -0.2) is 56.5 Å². The largest absolute Gasteiger partial charge is 0.393 e. The fraction of sp³-hybridized carbons (Fsp3) is 0.893. The van der Waals surface area contributed by atoms with Gasteiger partial charge >= 0.3 is 5.97 Å². The van der Waals surface area contributed by atoms with Crippen LogP contribution < -0.4 is 0 Å². The Bertz CT molecular complexity index is 892. The smallest absolute Gasteiger partial charge is 0.333 e. The van der Waals surface area contributed by atoms with Crippen LogP contribution >= 0.6 is 0 Å². The van der Waals surface area contributed by atoms with Crippen LogP contribution in [0.4, 0.5) is 0 Å². The maximum atomic E-state index is 12.4. The molecule has 11 atom stereocenters. The Kier molecular flexibility index (Phi) is 6.78. The van der Waals surface area contributed by atoms with Crippen molar-refractivity contribution in [2.45, 2.75) is 110 Å². The number of hydrogen-bond donors (Lipinski definition) is 3. The van der Waals surface area contributed by atoms with Gasteiger partial charge in [-0.05, 0) is 97.7 Å². The molecular formula is C28H43NO7. The Labute approximate surface area is 213 Å². The molecule has 0 aromatic rings. The number of hydroxylamine groups is 2. The van der Waals surface area contributed by atoms with E-state index in [1.54, 1.807) is 0 Å². The quantitative estimate of drug-likeness (QED) is 0.491. The first-order valence-corrected chi connectivity index (χ1v) is 14.1. The molecule has 0 radical (unpaired) electrons. The van der Waals surface area contributed by atoms with Crippen LogP contribution in [0, 0.1) is 46.3 Å². The second-order valence-corrected chi connectivity index (χ2v) is 13.1. The third-order valence-corrected chi connectivity index (χ3v) is 11.5. The summed E-state index contributed by atoms with van der Waals surface area (Å²) in [5, 5.41) is 33.9. The zero-order valence-electron chi connectivity index (χ0n) is 21.9. The van der Waals surface area contributed by atoms with Gasteiger partial charge in [0.2, 0.25) is 0 Å². The molecule has 1 aliphatic heterocycles. The Balaban J connectivity index is 1.27. The summed E-state index contributed by atoms with van der Waals surface area (Å²) in [6.07, 6.45) is 5.50. The highest BCUT2D eigenvalue weighted by Crippen LogP contribution is 2.68. The van der Waals surface area contributed by atoms with Gasteiger partial charge in [-0.1, -0.05) is 20.8 Å². The summed E-state index contributed by atoms with van der Waals surface area (Å²) in [7, 11) is 0. The molecule has 9 unspecified atom stereocenters. The van der Waals surface area contributed by atoms with Crippen LogP contribution in [0.2, 0.25) is 0 Å². The predicted octanol–water partition coefficient (Wildman–Crippen LogP) is 2.97. The van der Waals surface area contributed by atoms with Crippen LogP contribution in [0.5, 0.6) is 0 Å². The molecule has 5 aliphatic rings. The minimum atomic E-state index is -0.574. The maximum absolute atomic E-state index is 12.4.